The van der Waals surface area contributed by atoms with Gasteiger partial charge in [0, 0.05) is 25.7 Å². The lowest BCUT2D eigenvalue weighted by molar-refractivity contribution is -0.123. The summed E-state index contributed by atoms with van der Waals surface area (Å²) in [5, 5.41) is 6.88. The topological polar surface area (TPSA) is 82.8 Å². The van der Waals surface area contributed by atoms with Gasteiger partial charge < -0.3 is 16.4 Å². The van der Waals surface area contributed by atoms with Crippen molar-refractivity contribution in [3.63, 3.8) is 0 Å². The van der Waals surface area contributed by atoms with Crippen molar-refractivity contribution in [2.75, 3.05) is 19.6 Å². The number of aliphatic imine (C=N–C) groups is 1. The van der Waals surface area contributed by atoms with Crippen LogP contribution in [0.25, 0.3) is 0 Å². The number of likely N-dealkylation sites (tertiary alicyclic amines) is 1. The van der Waals surface area contributed by atoms with E-state index in [1.165, 1.54) is 17.5 Å². The maximum absolute atomic E-state index is 11.5. The van der Waals surface area contributed by atoms with E-state index >= 15 is 0 Å². The second kappa shape index (κ2) is 12.6. The van der Waals surface area contributed by atoms with Crippen LogP contribution in [0, 0.1) is 11.8 Å². The van der Waals surface area contributed by atoms with Crippen molar-refractivity contribution >= 4 is 11.9 Å². The van der Waals surface area contributed by atoms with Gasteiger partial charge in [-0.2, -0.15) is 0 Å². The van der Waals surface area contributed by atoms with E-state index in [4.69, 9.17) is 10.7 Å². The Morgan fingerprint density at radius 1 is 1.27 bits per heavy atom. The Morgan fingerprint density at radius 3 is 2.73 bits per heavy atom. The number of nitrogens with two attached hydrogens (primary N) is 1. The van der Waals surface area contributed by atoms with Crippen molar-refractivity contribution < 1.29 is 4.79 Å². The van der Waals surface area contributed by atoms with Gasteiger partial charge in [0.2, 0.25) is 5.91 Å². The molecule has 1 aromatic rings. The van der Waals surface area contributed by atoms with Gasteiger partial charge in [-0.1, -0.05) is 38.1 Å². The Balaban J connectivity index is 1.94. The molecule has 0 aromatic heterocycles. The number of amides is 1. The molecule has 4 N–H and O–H groups in total. The van der Waals surface area contributed by atoms with Crippen LogP contribution in [0.3, 0.4) is 0 Å². The maximum atomic E-state index is 11.5. The minimum Gasteiger partial charge on any atom is -0.369 e. The van der Waals surface area contributed by atoms with Crippen LogP contribution in [-0.2, 0) is 17.9 Å². The molecule has 1 saturated heterocycles. The molecule has 1 amide bonds. The Morgan fingerprint density at radius 2 is 2.03 bits per heavy atom. The number of benzene rings is 1. The fourth-order valence-electron chi connectivity index (χ4n) is 3.90. The van der Waals surface area contributed by atoms with Crippen LogP contribution in [-0.4, -0.2) is 42.4 Å². The minimum atomic E-state index is -0.172. The van der Waals surface area contributed by atoms with Gasteiger partial charge in [0.25, 0.3) is 0 Å². The number of nitrogens with one attached hydrogen (secondary N) is 2. The van der Waals surface area contributed by atoms with Crippen LogP contribution in [0.15, 0.2) is 29.3 Å². The van der Waals surface area contributed by atoms with Gasteiger partial charge in [-0.15, -0.1) is 0 Å². The fourth-order valence-corrected chi connectivity index (χ4v) is 3.90. The van der Waals surface area contributed by atoms with E-state index in [2.05, 4.69) is 67.5 Å². The highest BCUT2D eigenvalue weighted by atomic mass is 16.1. The molecule has 0 spiro atoms. The Labute approximate surface area is 182 Å². The van der Waals surface area contributed by atoms with E-state index in [-0.39, 0.29) is 11.8 Å². The summed E-state index contributed by atoms with van der Waals surface area (Å²) < 4.78 is 0. The average molecular weight is 416 g/mol. The van der Waals surface area contributed by atoms with Crippen molar-refractivity contribution in [2.45, 2.75) is 72.5 Å². The molecular weight excluding hydrogens is 374 g/mol. The number of rotatable bonds is 10. The highest BCUT2D eigenvalue weighted by Gasteiger charge is 2.23. The fraction of sp³-hybridized carbons (Fsp3) is 0.667. The van der Waals surface area contributed by atoms with E-state index in [1.807, 2.05) is 0 Å². The first-order valence-corrected chi connectivity index (χ1v) is 11.5. The third-order valence-corrected chi connectivity index (χ3v) is 5.63. The molecule has 1 heterocycles. The molecule has 0 radical (unpaired) electrons. The summed E-state index contributed by atoms with van der Waals surface area (Å²) in [6, 6.07) is 9.00. The van der Waals surface area contributed by atoms with Gasteiger partial charge in [-0.25, -0.2) is 4.99 Å². The molecule has 1 aliphatic heterocycles. The molecule has 1 aliphatic rings. The second-order valence-electron chi connectivity index (χ2n) is 9.01. The van der Waals surface area contributed by atoms with E-state index in [9.17, 15) is 4.79 Å². The summed E-state index contributed by atoms with van der Waals surface area (Å²) in [4.78, 5) is 18.7. The summed E-state index contributed by atoms with van der Waals surface area (Å²) in [6.07, 6.45) is 4.29. The normalized spacial score (nSPS) is 19.0. The predicted molar refractivity (Wildman–Crippen MR) is 125 cm³/mol. The maximum Gasteiger partial charge on any atom is 0.221 e. The van der Waals surface area contributed by atoms with E-state index in [0.29, 0.717) is 12.6 Å². The van der Waals surface area contributed by atoms with Crippen LogP contribution >= 0.6 is 0 Å². The van der Waals surface area contributed by atoms with Gasteiger partial charge in [0.05, 0.1) is 12.5 Å². The van der Waals surface area contributed by atoms with Crippen LogP contribution in [0.4, 0.5) is 0 Å². The minimum absolute atomic E-state index is 0.0158. The summed E-state index contributed by atoms with van der Waals surface area (Å²) in [7, 11) is 0. The quantitative estimate of drug-likeness (QED) is 0.405. The molecule has 6 nitrogen and oxygen atoms in total. The zero-order chi connectivity index (χ0) is 21.9. The summed E-state index contributed by atoms with van der Waals surface area (Å²) in [5.41, 5.74) is 7.97. The molecule has 30 heavy (non-hydrogen) atoms. The number of guanidine groups is 1. The van der Waals surface area contributed by atoms with Crippen molar-refractivity contribution in [1.82, 2.24) is 15.5 Å². The van der Waals surface area contributed by atoms with Gasteiger partial charge in [0.1, 0.15) is 0 Å². The van der Waals surface area contributed by atoms with Gasteiger partial charge in [0.15, 0.2) is 5.96 Å². The molecule has 6 heteroatoms. The summed E-state index contributed by atoms with van der Waals surface area (Å²) in [6.45, 7) is 13.0. The molecule has 2 unspecified atom stereocenters. The number of hydrogen-bond donors (Lipinski definition) is 3. The lowest BCUT2D eigenvalue weighted by Crippen LogP contribution is -2.42. The summed E-state index contributed by atoms with van der Waals surface area (Å²) in [5.74, 6) is 1.40. The molecule has 168 valence electrons. The second-order valence-corrected chi connectivity index (χ2v) is 9.01. The third-order valence-electron chi connectivity index (χ3n) is 5.63. The number of carbonyl (C=O) groups is 1. The monoisotopic (exact) mass is 415 g/mol. The standard InChI is InChI=1S/C24H41N5O/c1-5-26-24(28-19(4)12-11-18(2)3)27-15-20-8-6-9-21(14-20)16-29-13-7-10-22(17-29)23(25)30/h6,8-9,14,18-19,22H,5,7,10-13,15-17H2,1-4H3,(H2,25,30)(H2,26,27,28). The average Bonchev–Trinajstić information content (AvgIpc) is 2.71. The lowest BCUT2D eigenvalue weighted by atomic mass is 9.97. The molecule has 1 fully saturated rings. The van der Waals surface area contributed by atoms with Gasteiger partial charge >= 0.3 is 0 Å². The molecule has 2 atom stereocenters. The number of primary amides is 1. The number of nitrogens with zero attached hydrogens (tertiary/aromatic N) is 2. The number of piperidine rings is 1. The van der Waals surface area contributed by atoms with Crippen molar-refractivity contribution in [2.24, 2.45) is 22.6 Å². The van der Waals surface area contributed by atoms with Crippen molar-refractivity contribution in [3.8, 4) is 0 Å². The highest BCUT2D eigenvalue weighted by Crippen LogP contribution is 2.19. The van der Waals surface area contributed by atoms with Gasteiger partial charge in [-0.05, 0) is 63.1 Å². The van der Waals surface area contributed by atoms with Crippen LogP contribution in [0.2, 0.25) is 0 Å². The molecule has 1 aromatic carbocycles. The van der Waals surface area contributed by atoms with E-state index in [1.54, 1.807) is 0 Å². The SMILES string of the molecule is CCNC(=NCc1cccc(CN2CCCC(C(N)=O)C2)c1)NC(C)CCC(C)C. The number of carbonyl (C=O) groups excluding carboxylic acids is 1. The first-order chi connectivity index (χ1) is 14.4. The van der Waals surface area contributed by atoms with E-state index < -0.39 is 0 Å². The Kier molecular flexibility index (Phi) is 10.1. The Bertz CT molecular complexity index is 688. The van der Waals surface area contributed by atoms with Gasteiger partial charge in [-0.3, -0.25) is 9.69 Å². The Hall–Kier alpha value is -2.08. The molecular formula is C24H41N5O. The number of hydrogen-bond acceptors (Lipinski definition) is 3. The van der Waals surface area contributed by atoms with Crippen LogP contribution in [0.5, 0.6) is 0 Å². The molecule has 2 rings (SSSR count). The molecule has 0 bridgehead atoms. The lowest BCUT2D eigenvalue weighted by Gasteiger charge is -2.31. The van der Waals surface area contributed by atoms with E-state index in [0.717, 1.165) is 57.3 Å². The largest absolute Gasteiger partial charge is 0.369 e. The van der Waals surface area contributed by atoms with Crippen molar-refractivity contribution in [1.29, 1.82) is 0 Å². The summed E-state index contributed by atoms with van der Waals surface area (Å²) >= 11 is 0. The van der Waals surface area contributed by atoms with Crippen molar-refractivity contribution in [3.05, 3.63) is 35.4 Å². The zero-order valence-electron chi connectivity index (χ0n) is 19.3. The zero-order valence-corrected chi connectivity index (χ0v) is 19.3. The molecule has 0 saturated carbocycles. The highest BCUT2D eigenvalue weighted by molar-refractivity contribution is 5.80. The third kappa shape index (κ3) is 8.74. The first-order valence-electron chi connectivity index (χ1n) is 11.5. The predicted octanol–water partition coefficient (Wildman–Crippen LogP) is 3.26. The smallest absolute Gasteiger partial charge is 0.221 e. The van der Waals surface area contributed by atoms with Crippen LogP contribution < -0.4 is 16.4 Å². The molecule has 0 aliphatic carbocycles. The van der Waals surface area contributed by atoms with Crippen LogP contribution in [0.1, 0.15) is 64.5 Å². The first kappa shape index (κ1) is 24.2.